The van der Waals surface area contributed by atoms with Crippen LogP contribution in [0.15, 0.2) is 17.2 Å². The molecule has 0 saturated heterocycles. The van der Waals surface area contributed by atoms with E-state index in [0.29, 0.717) is 6.42 Å². The largest absolute Gasteiger partial charge is 0.271 e. The molecular weight excluding hydrogens is 236 g/mol. The second-order valence-corrected chi connectivity index (χ2v) is 4.45. The fourth-order valence-corrected chi connectivity index (χ4v) is 2.28. The van der Waals surface area contributed by atoms with Crippen LogP contribution in [0.2, 0.25) is 0 Å². The molecule has 0 aliphatic carbocycles. The van der Waals surface area contributed by atoms with Gasteiger partial charge in [-0.2, -0.15) is 5.10 Å². The zero-order valence-electron chi connectivity index (χ0n) is 9.71. The summed E-state index contributed by atoms with van der Waals surface area (Å²) in [5, 5.41) is 6.18. The van der Waals surface area contributed by atoms with Crippen LogP contribution in [0, 0.1) is 0 Å². The molecule has 0 saturated carbocycles. The third kappa shape index (κ3) is 2.87. The molecule has 0 bridgehead atoms. The maximum atomic E-state index is 5.56. The summed E-state index contributed by atoms with van der Waals surface area (Å²) in [7, 11) is 0. The van der Waals surface area contributed by atoms with Gasteiger partial charge in [-0.25, -0.2) is 9.97 Å². The monoisotopic (exact) mass is 252 g/mol. The molecule has 92 valence electrons. The fourth-order valence-electron chi connectivity index (χ4n) is 1.67. The molecular formula is C10H16N6S. The number of thiazole rings is 1. The second kappa shape index (κ2) is 5.85. The Hall–Kier alpha value is -1.31. The van der Waals surface area contributed by atoms with Gasteiger partial charge in [0.2, 0.25) is 0 Å². The van der Waals surface area contributed by atoms with E-state index in [-0.39, 0.29) is 6.04 Å². The number of hydrogen-bond acceptors (Lipinski definition) is 6. The Bertz CT molecular complexity index is 437. The van der Waals surface area contributed by atoms with Gasteiger partial charge < -0.3 is 0 Å². The Balaban J connectivity index is 2.10. The van der Waals surface area contributed by atoms with Crippen molar-refractivity contribution in [2.75, 3.05) is 0 Å². The first-order valence-corrected chi connectivity index (χ1v) is 6.50. The fraction of sp³-hybridized carbons (Fsp3) is 0.500. The van der Waals surface area contributed by atoms with Crippen LogP contribution in [0.4, 0.5) is 0 Å². The third-order valence-electron chi connectivity index (χ3n) is 2.53. The van der Waals surface area contributed by atoms with Crippen LogP contribution >= 0.6 is 11.3 Å². The van der Waals surface area contributed by atoms with E-state index < -0.39 is 0 Å². The van der Waals surface area contributed by atoms with Crippen molar-refractivity contribution in [2.45, 2.75) is 32.4 Å². The Morgan fingerprint density at radius 2 is 2.41 bits per heavy atom. The zero-order chi connectivity index (χ0) is 12.1. The molecule has 0 radical (unpaired) electrons. The molecule has 0 fully saturated rings. The van der Waals surface area contributed by atoms with Crippen molar-refractivity contribution in [3.05, 3.63) is 28.7 Å². The molecule has 2 aromatic heterocycles. The quantitative estimate of drug-likeness (QED) is 0.589. The summed E-state index contributed by atoms with van der Waals surface area (Å²) in [6.45, 7) is 2.99. The predicted octanol–water partition coefficient (Wildman–Crippen LogP) is 0.892. The summed E-state index contributed by atoms with van der Waals surface area (Å²) in [4.78, 5) is 8.53. The Morgan fingerprint density at radius 3 is 3.06 bits per heavy atom. The Morgan fingerprint density at radius 1 is 1.53 bits per heavy atom. The van der Waals surface area contributed by atoms with Crippen molar-refractivity contribution in [1.82, 2.24) is 25.2 Å². The highest BCUT2D eigenvalue weighted by atomic mass is 32.1. The van der Waals surface area contributed by atoms with E-state index in [2.05, 4.69) is 27.4 Å². The third-order valence-corrected chi connectivity index (χ3v) is 3.13. The number of nitrogens with zero attached hydrogens (tertiary/aromatic N) is 4. The maximum absolute atomic E-state index is 5.56. The van der Waals surface area contributed by atoms with E-state index in [1.54, 1.807) is 23.2 Å². The summed E-state index contributed by atoms with van der Waals surface area (Å²) in [5.41, 5.74) is 5.52. The highest BCUT2D eigenvalue weighted by Crippen LogP contribution is 2.16. The second-order valence-electron chi connectivity index (χ2n) is 3.74. The molecule has 2 rings (SSSR count). The number of aryl methyl sites for hydroxylation is 1. The van der Waals surface area contributed by atoms with E-state index in [9.17, 15) is 0 Å². The molecule has 6 nitrogen and oxygen atoms in total. The molecule has 0 spiro atoms. The first-order valence-electron chi connectivity index (χ1n) is 5.56. The molecule has 0 aliphatic heterocycles. The van der Waals surface area contributed by atoms with Crippen LogP contribution in [0.3, 0.4) is 0 Å². The van der Waals surface area contributed by atoms with Crippen LogP contribution in [0.25, 0.3) is 0 Å². The van der Waals surface area contributed by atoms with Gasteiger partial charge >= 0.3 is 0 Å². The molecule has 7 heteroatoms. The molecule has 0 amide bonds. The van der Waals surface area contributed by atoms with Crippen molar-refractivity contribution in [2.24, 2.45) is 5.84 Å². The lowest BCUT2D eigenvalue weighted by molar-refractivity contribution is 0.493. The number of aromatic nitrogens is 4. The highest BCUT2D eigenvalue weighted by Gasteiger charge is 2.15. The summed E-state index contributed by atoms with van der Waals surface area (Å²) >= 11 is 1.56. The number of nitrogens with two attached hydrogens (primary N) is 1. The number of rotatable bonds is 6. The molecule has 0 aliphatic rings. The summed E-state index contributed by atoms with van der Waals surface area (Å²) in [6.07, 6.45) is 3.31. The van der Waals surface area contributed by atoms with Gasteiger partial charge in [-0.3, -0.25) is 16.0 Å². The van der Waals surface area contributed by atoms with Gasteiger partial charge in [0.25, 0.3) is 0 Å². The van der Waals surface area contributed by atoms with Crippen molar-refractivity contribution in [1.29, 1.82) is 0 Å². The zero-order valence-corrected chi connectivity index (χ0v) is 10.5. The van der Waals surface area contributed by atoms with Crippen molar-refractivity contribution < 1.29 is 0 Å². The van der Waals surface area contributed by atoms with Crippen LogP contribution in [-0.4, -0.2) is 19.7 Å². The Kier molecular flexibility index (Phi) is 4.18. The van der Waals surface area contributed by atoms with Crippen molar-refractivity contribution in [3.63, 3.8) is 0 Å². The first kappa shape index (κ1) is 12.2. The molecule has 17 heavy (non-hydrogen) atoms. The van der Waals surface area contributed by atoms with Crippen molar-refractivity contribution in [3.8, 4) is 0 Å². The van der Waals surface area contributed by atoms with Gasteiger partial charge in [-0.05, 0) is 6.42 Å². The molecule has 2 heterocycles. The highest BCUT2D eigenvalue weighted by molar-refractivity contribution is 7.07. The average molecular weight is 252 g/mol. The first-order chi connectivity index (χ1) is 8.35. The van der Waals surface area contributed by atoms with Gasteiger partial charge in [0.05, 0.1) is 17.2 Å². The summed E-state index contributed by atoms with van der Waals surface area (Å²) in [6, 6.07) is -0.0129. The minimum atomic E-state index is -0.0129. The lowest BCUT2D eigenvalue weighted by Crippen LogP contribution is -2.30. The van der Waals surface area contributed by atoms with E-state index in [1.807, 2.05) is 10.1 Å². The number of hydrogen-bond donors (Lipinski definition) is 2. The smallest absolute Gasteiger partial charge is 0.138 e. The number of hydrazine groups is 1. The van der Waals surface area contributed by atoms with Gasteiger partial charge in [0.15, 0.2) is 0 Å². The van der Waals surface area contributed by atoms with Crippen LogP contribution in [0.1, 0.15) is 30.9 Å². The summed E-state index contributed by atoms with van der Waals surface area (Å²) < 4.78 is 1.91. The van der Waals surface area contributed by atoms with Gasteiger partial charge in [-0.15, -0.1) is 11.3 Å². The molecule has 2 aromatic rings. The predicted molar refractivity (Wildman–Crippen MR) is 66.2 cm³/mol. The minimum absolute atomic E-state index is 0.0129. The van der Waals surface area contributed by atoms with Gasteiger partial charge in [0.1, 0.15) is 12.2 Å². The minimum Gasteiger partial charge on any atom is -0.271 e. The molecule has 0 aromatic carbocycles. The number of nitrogens with one attached hydrogen (secondary N) is 1. The van der Waals surface area contributed by atoms with Crippen molar-refractivity contribution >= 4 is 11.3 Å². The lowest BCUT2D eigenvalue weighted by Gasteiger charge is -2.13. The standard InChI is InChI=1S/C10H16N6S/c1-2-3-16-10(12-6-14-16)4-8(15-11)9-5-17-7-13-9/h5-8,15H,2-4,11H2,1H3. The SMILES string of the molecule is CCCn1ncnc1CC(NN)c1cscn1. The molecule has 3 N–H and O–H groups in total. The topological polar surface area (TPSA) is 81.7 Å². The van der Waals surface area contributed by atoms with E-state index >= 15 is 0 Å². The van der Waals surface area contributed by atoms with Gasteiger partial charge in [-0.1, -0.05) is 6.92 Å². The van der Waals surface area contributed by atoms with E-state index in [0.717, 1.165) is 24.5 Å². The normalized spacial score (nSPS) is 12.8. The lowest BCUT2D eigenvalue weighted by atomic mass is 10.1. The maximum Gasteiger partial charge on any atom is 0.138 e. The van der Waals surface area contributed by atoms with Gasteiger partial charge in [0, 0.05) is 18.3 Å². The van der Waals surface area contributed by atoms with E-state index in [1.165, 1.54) is 0 Å². The summed E-state index contributed by atoms with van der Waals surface area (Å²) in [5.74, 6) is 6.49. The Labute approximate surface area is 104 Å². The van der Waals surface area contributed by atoms with Crippen LogP contribution in [0.5, 0.6) is 0 Å². The average Bonchev–Trinajstić information content (AvgIpc) is 2.97. The molecule has 1 unspecified atom stereocenters. The molecule has 1 atom stereocenters. The van der Waals surface area contributed by atoms with Crippen LogP contribution < -0.4 is 11.3 Å². The van der Waals surface area contributed by atoms with E-state index in [4.69, 9.17) is 5.84 Å². The van der Waals surface area contributed by atoms with Crippen LogP contribution in [-0.2, 0) is 13.0 Å².